The molecule has 0 spiro atoms. The minimum atomic E-state index is 0.454. The molecule has 0 aliphatic rings. The van der Waals surface area contributed by atoms with E-state index < -0.39 is 0 Å². The van der Waals surface area contributed by atoms with E-state index in [0.29, 0.717) is 5.92 Å². The lowest BCUT2D eigenvalue weighted by atomic mass is 9.81. The third-order valence-corrected chi connectivity index (χ3v) is 4.87. The summed E-state index contributed by atoms with van der Waals surface area (Å²) in [6.45, 7) is 15.8. The second-order valence-corrected chi connectivity index (χ2v) is 6.20. The van der Waals surface area contributed by atoms with E-state index in [1.54, 1.807) is 0 Å². The quantitative estimate of drug-likeness (QED) is 0.655. The first kappa shape index (κ1) is 14.8. The Morgan fingerprint density at radius 1 is 0.550 bits per heavy atom. The van der Waals surface area contributed by atoms with Gasteiger partial charge in [0.15, 0.2) is 0 Å². The highest BCUT2D eigenvalue weighted by atomic mass is 14.2. The third kappa shape index (κ3) is 2.40. The first-order chi connectivity index (χ1) is 9.34. The molecule has 0 N–H and O–H groups in total. The van der Waals surface area contributed by atoms with Gasteiger partial charge in [0.05, 0.1) is 0 Å². The molecule has 0 saturated carbocycles. The summed E-state index contributed by atoms with van der Waals surface area (Å²) in [6, 6.07) is 8.98. The summed E-state index contributed by atoms with van der Waals surface area (Å²) in [5.41, 5.74) is 11.5. The SMILES string of the molecule is Cc1ccc(C)c(C(C)c2c(C)ccc(C)c2C)c1C. The van der Waals surface area contributed by atoms with Crippen molar-refractivity contribution >= 4 is 0 Å². The van der Waals surface area contributed by atoms with Gasteiger partial charge >= 0.3 is 0 Å². The zero-order chi connectivity index (χ0) is 15.0. The fraction of sp³-hybridized carbons (Fsp3) is 0.400. The van der Waals surface area contributed by atoms with Crippen LogP contribution in [0.1, 0.15) is 57.3 Å². The highest BCUT2D eigenvalue weighted by Gasteiger charge is 2.18. The van der Waals surface area contributed by atoms with Crippen LogP contribution < -0.4 is 0 Å². The van der Waals surface area contributed by atoms with Gasteiger partial charge in [-0.2, -0.15) is 0 Å². The van der Waals surface area contributed by atoms with Gasteiger partial charge in [-0.25, -0.2) is 0 Å². The minimum absolute atomic E-state index is 0.454. The summed E-state index contributed by atoms with van der Waals surface area (Å²) >= 11 is 0. The molecule has 0 heteroatoms. The molecule has 2 aromatic carbocycles. The fourth-order valence-electron chi connectivity index (χ4n) is 3.42. The fourth-order valence-corrected chi connectivity index (χ4v) is 3.42. The molecule has 0 heterocycles. The van der Waals surface area contributed by atoms with E-state index in [2.05, 4.69) is 72.7 Å². The Labute approximate surface area is 123 Å². The maximum absolute atomic E-state index is 2.35. The molecular formula is C20H26. The molecule has 2 aromatic rings. The normalized spacial score (nSPS) is 11.2. The van der Waals surface area contributed by atoms with Crippen molar-refractivity contribution in [1.29, 1.82) is 0 Å². The molecule has 0 atom stereocenters. The first-order valence-corrected chi connectivity index (χ1v) is 7.48. The van der Waals surface area contributed by atoms with Crippen molar-refractivity contribution in [3.05, 3.63) is 68.8 Å². The van der Waals surface area contributed by atoms with Crippen molar-refractivity contribution in [1.82, 2.24) is 0 Å². The van der Waals surface area contributed by atoms with Crippen molar-refractivity contribution in [2.24, 2.45) is 0 Å². The van der Waals surface area contributed by atoms with Gasteiger partial charge < -0.3 is 0 Å². The van der Waals surface area contributed by atoms with Gasteiger partial charge in [-0.05, 0) is 86.1 Å². The van der Waals surface area contributed by atoms with Crippen LogP contribution in [0, 0.1) is 41.5 Å². The Morgan fingerprint density at radius 2 is 0.850 bits per heavy atom. The monoisotopic (exact) mass is 266 g/mol. The summed E-state index contributed by atoms with van der Waals surface area (Å²) in [6.07, 6.45) is 0. The lowest BCUT2D eigenvalue weighted by Crippen LogP contribution is -2.07. The van der Waals surface area contributed by atoms with Gasteiger partial charge in [0, 0.05) is 5.92 Å². The number of aryl methyl sites for hydroxylation is 4. The first-order valence-electron chi connectivity index (χ1n) is 7.48. The van der Waals surface area contributed by atoms with E-state index >= 15 is 0 Å². The predicted octanol–water partition coefficient (Wildman–Crippen LogP) is 5.69. The molecule has 0 nitrogen and oxygen atoms in total. The van der Waals surface area contributed by atoms with Crippen LogP contribution in [0.4, 0.5) is 0 Å². The molecule has 0 saturated heterocycles. The number of benzene rings is 2. The maximum atomic E-state index is 2.35. The predicted molar refractivity (Wildman–Crippen MR) is 88.8 cm³/mol. The van der Waals surface area contributed by atoms with Crippen molar-refractivity contribution in [2.45, 2.75) is 54.4 Å². The van der Waals surface area contributed by atoms with Gasteiger partial charge in [0.25, 0.3) is 0 Å². The molecule has 0 fully saturated rings. The average Bonchev–Trinajstić information content (AvgIpc) is 2.39. The van der Waals surface area contributed by atoms with Crippen LogP contribution in [-0.2, 0) is 0 Å². The zero-order valence-corrected chi connectivity index (χ0v) is 13.9. The van der Waals surface area contributed by atoms with Crippen LogP contribution in [0.5, 0.6) is 0 Å². The molecule has 0 bridgehead atoms. The molecule has 106 valence electrons. The lowest BCUT2D eigenvalue weighted by Gasteiger charge is -2.24. The van der Waals surface area contributed by atoms with Gasteiger partial charge in [-0.15, -0.1) is 0 Å². The van der Waals surface area contributed by atoms with Crippen molar-refractivity contribution < 1.29 is 0 Å². The Kier molecular flexibility index (Phi) is 4.04. The van der Waals surface area contributed by atoms with E-state index in [9.17, 15) is 0 Å². The molecule has 2 rings (SSSR count). The van der Waals surface area contributed by atoms with Crippen LogP contribution in [0.2, 0.25) is 0 Å². The summed E-state index contributed by atoms with van der Waals surface area (Å²) in [5, 5.41) is 0. The summed E-state index contributed by atoms with van der Waals surface area (Å²) in [7, 11) is 0. The molecular weight excluding hydrogens is 240 g/mol. The number of rotatable bonds is 2. The summed E-state index contributed by atoms with van der Waals surface area (Å²) in [5.74, 6) is 0.454. The van der Waals surface area contributed by atoms with E-state index in [0.717, 1.165) is 0 Å². The number of hydrogen-bond acceptors (Lipinski definition) is 0. The maximum Gasteiger partial charge on any atom is 0.00716 e. The molecule has 0 radical (unpaired) electrons. The van der Waals surface area contributed by atoms with Gasteiger partial charge in [-0.3, -0.25) is 0 Å². The van der Waals surface area contributed by atoms with Gasteiger partial charge in [0.2, 0.25) is 0 Å². The van der Waals surface area contributed by atoms with Crippen LogP contribution in [-0.4, -0.2) is 0 Å². The van der Waals surface area contributed by atoms with Gasteiger partial charge in [0.1, 0.15) is 0 Å². The van der Waals surface area contributed by atoms with E-state index in [-0.39, 0.29) is 0 Å². The Bertz CT molecular complexity index is 590. The highest BCUT2D eigenvalue weighted by molar-refractivity contribution is 5.50. The largest absolute Gasteiger partial charge is 0.0588 e. The van der Waals surface area contributed by atoms with Crippen LogP contribution in [0.15, 0.2) is 24.3 Å². The van der Waals surface area contributed by atoms with E-state index in [1.165, 1.54) is 44.5 Å². The average molecular weight is 266 g/mol. The third-order valence-electron chi connectivity index (χ3n) is 4.87. The van der Waals surface area contributed by atoms with E-state index in [1.807, 2.05) is 0 Å². The molecule has 0 aliphatic heterocycles. The second-order valence-electron chi connectivity index (χ2n) is 6.20. The smallest absolute Gasteiger partial charge is 0.00716 e. The highest BCUT2D eigenvalue weighted by Crippen LogP contribution is 2.35. The van der Waals surface area contributed by atoms with Crippen LogP contribution in [0.25, 0.3) is 0 Å². The van der Waals surface area contributed by atoms with Crippen molar-refractivity contribution in [3.8, 4) is 0 Å². The van der Waals surface area contributed by atoms with Crippen LogP contribution in [0.3, 0.4) is 0 Å². The summed E-state index contributed by atoms with van der Waals surface area (Å²) in [4.78, 5) is 0. The standard InChI is InChI=1S/C20H26/c1-12-8-10-14(3)19(16(12)5)18(7)20-15(4)11-9-13(2)17(20)6/h8-11,18H,1-7H3. The molecule has 0 amide bonds. The Hall–Kier alpha value is -1.56. The molecule has 0 aliphatic carbocycles. The molecule has 20 heavy (non-hydrogen) atoms. The van der Waals surface area contributed by atoms with Crippen LogP contribution >= 0.6 is 0 Å². The minimum Gasteiger partial charge on any atom is -0.0588 e. The van der Waals surface area contributed by atoms with Crippen molar-refractivity contribution in [2.75, 3.05) is 0 Å². The number of hydrogen-bond donors (Lipinski definition) is 0. The molecule has 0 aromatic heterocycles. The second kappa shape index (κ2) is 5.44. The lowest BCUT2D eigenvalue weighted by molar-refractivity contribution is 0.870. The van der Waals surface area contributed by atoms with Crippen molar-refractivity contribution in [3.63, 3.8) is 0 Å². The van der Waals surface area contributed by atoms with E-state index in [4.69, 9.17) is 0 Å². The Balaban J connectivity index is 2.67. The Morgan fingerprint density at radius 3 is 1.20 bits per heavy atom. The molecule has 0 unspecified atom stereocenters. The topological polar surface area (TPSA) is 0 Å². The summed E-state index contributed by atoms with van der Waals surface area (Å²) < 4.78 is 0. The zero-order valence-electron chi connectivity index (χ0n) is 13.9. The van der Waals surface area contributed by atoms with Gasteiger partial charge in [-0.1, -0.05) is 31.2 Å².